The predicted molar refractivity (Wildman–Crippen MR) is 139 cm³/mol. The van der Waals surface area contributed by atoms with Gasteiger partial charge in [-0.25, -0.2) is 9.78 Å². The van der Waals surface area contributed by atoms with Crippen LogP contribution in [0.25, 0.3) is 11.3 Å². The molecule has 0 saturated heterocycles. The molecule has 0 spiro atoms. The standard InChI is InChI=1S/C26H33N7O2/c1-4-28-24-22(25(34)29-15-6-16-33(2)3)12-13-23(32-24)20-8-10-21(11-9-20)31-26(35)30-18-19-7-5-14-27-17-19/h5,7-14,17H,4,6,15-16,18H2,1-3H3,(H,28,32)(H,29,34)(H2,30,31,35). The highest BCUT2D eigenvalue weighted by molar-refractivity contribution is 5.99. The van der Waals surface area contributed by atoms with Gasteiger partial charge in [0.1, 0.15) is 5.82 Å². The van der Waals surface area contributed by atoms with Gasteiger partial charge in [0.15, 0.2) is 0 Å². The molecule has 0 aliphatic rings. The Kier molecular flexibility index (Phi) is 9.56. The van der Waals surface area contributed by atoms with Crippen LogP contribution in [0.2, 0.25) is 0 Å². The Morgan fingerprint density at radius 3 is 2.49 bits per heavy atom. The van der Waals surface area contributed by atoms with E-state index in [1.807, 2.05) is 63.5 Å². The van der Waals surface area contributed by atoms with Crippen molar-refractivity contribution in [3.63, 3.8) is 0 Å². The van der Waals surface area contributed by atoms with Crippen LogP contribution in [0.5, 0.6) is 0 Å². The van der Waals surface area contributed by atoms with Crippen molar-refractivity contribution >= 4 is 23.4 Å². The maximum absolute atomic E-state index is 12.7. The summed E-state index contributed by atoms with van der Waals surface area (Å²) in [5, 5.41) is 11.8. The zero-order valence-electron chi connectivity index (χ0n) is 20.5. The number of pyridine rings is 2. The maximum atomic E-state index is 12.7. The van der Waals surface area contributed by atoms with Gasteiger partial charge >= 0.3 is 6.03 Å². The number of benzene rings is 1. The molecule has 35 heavy (non-hydrogen) atoms. The summed E-state index contributed by atoms with van der Waals surface area (Å²) in [7, 11) is 4.02. The molecule has 0 bridgehead atoms. The third-order valence-corrected chi connectivity index (χ3v) is 5.17. The molecule has 3 amide bonds. The molecule has 2 aromatic heterocycles. The van der Waals surface area contributed by atoms with Gasteiger partial charge in [-0.15, -0.1) is 0 Å². The monoisotopic (exact) mass is 475 g/mol. The molecule has 0 aliphatic carbocycles. The minimum absolute atomic E-state index is 0.143. The van der Waals surface area contributed by atoms with E-state index >= 15 is 0 Å². The van der Waals surface area contributed by atoms with Gasteiger partial charge in [0.05, 0.1) is 11.3 Å². The summed E-state index contributed by atoms with van der Waals surface area (Å²) in [6.45, 7) is 4.52. The van der Waals surface area contributed by atoms with Crippen LogP contribution in [0.3, 0.4) is 0 Å². The van der Waals surface area contributed by atoms with Crippen LogP contribution < -0.4 is 21.3 Å². The number of nitrogens with zero attached hydrogens (tertiary/aromatic N) is 3. The molecule has 0 fully saturated rings. The molecule has 0 radical (unpaired) electrons. The Balaban J connectivity index is 1.61. The molecule has 3 rings (SSSR count). The minimum Gasteiger partial charge on any atom is -0.370 e. The summed E-state index contributed by atoms with van der Waals surface area (Å²) in [5.41, 5.74) is 3.72. The number of anilines is 2. The van der Waals surface area contributed by atoms with Crippen molar-refractivity contribution < 1.29 is 9.59 Å². The Bertz CT molecular complexity index is 1100. The maximum Gasteiger partial charge on any atom is 0.319 e. The fourth-order valence-corrected chi connectivity index (χ4v) is 3.38. The quantitative estimate of drug-likeness (QED) is 0.316. The van der Waals surface area contributed by atoms with Gasteiger partial charge in [-0.3, -0.25) is 9.78 Å². The fraction of sp³-hybridized carbons (Fsp3) is 0.308. The highest BCUT2D eigenvalue weighted by atomic mass is 16.2. The number of rotatable bonds is 11. The third-order valence-electron chi connectivity index (χ3n) is 5.17. The van der Waals surface area contributed by atoms with Gasteiger partial charge < -0.3 is 26.2 Å². The van der Waals surface area contributed by atoms with Crippen molar-refractivity contribution in [1.29, 1.82) is 0 Å². The first-order valence-corrected chi connectivity index (χ1v) is 11.7. The number of hydrogen-bond acceptors (Lipinski definition) is 6. The van der Waals surface area contributed by atoms with Crippen LogP contribution in [0.15, 0.2) is 60.9 Å². The van der Waals surface area contributed by atoms with Crippen molar-refractivity contribution in [3.8, 4) is 11.3 Å². The molecular weight excluding hydrogens is 442 g/mol. The Labute approximate surface area is 206 Å². The number of hydrogen-bond donors (Lipinski definition) is 4. The lowest BCUT2D eigenvalue weighted by Gasteiger charge is -2.13. The van der Waals surface area contributed by atoms with Crippen LogP contribution >= 0.6 is 0 Å². The molecular formula is C26H33N7O2. The SMILES string of the molecule is CCNc1nc(-c2ccc(NC(=O)NCc3cccnc3)cc2)ccc1C(=O)NCCCN(C)C. The predicted octanol–water partition coefficient (Wildman–Crippen LogP) is 3.58. The molecule has 184 valence electrons. The second-order valence-electron chi connectivity index (χ2n) is 8.28. The minimum atomic E-state index is -0.296. The summed E-state index contributed by atoms with van der Waals surface area (Å²) in [6.07, 6.45) is 4.28. The van der Waals surface area contributed by atoms with E-state index in [0.29, 0.717) is 36.7 Å². The van der Waals surface area contributed by atoms with E-state index < -0.39 is 0 Å². The van der Waals surface area contributed by atoms with Crippen molar-refractivity contribution in [1.82, 2.24) is 25.5 Å². The van der Waals surface area contributed by atoms with E-state index in [0.717, 1.165) is 29.8 Å². The topological polar surface area (TPSA) is 111 Å². The molecule has 0 saturated carbocycles. The molecule has 0 aliphatic heterocycles. The van der Waals surface area contributed by atoms with Crippen LogP contribution in [-0.2, 0) is 6.54 Å². The summed E-state index contributed by atoms with van der Waals surface area (Å²) >= 11 is 0. The fourth-order valence-electron chi connectivity index (χ4n) is 3.38. The van der Waals surface area contributed by atoms with Crippen molar-refractivity contribution in [2.24, 2.45) is 0 Å². The number of carbonyl (C=O) groups is 2. The molecule has 2 heterocycles. The second kappa shape index (κ2) is 13.0. The molecule has 1 aromatic carbocycles. The summed E-state index contributed by atoms with van der Waals surface area (Å²) in [6, 6.07) is 14.5. The van der Waals surface area contributed by atoms with Crippen molar-refractivity contribution in [2.45, 2.75) is 19.9 Å². The van der Waals surface area contributed by atoms with Crippen molar-refractivity contribution in [2.75, 3.05) is 44.4 Å². The molecule has 0 unspecified atom stereocenters. The molecule has 0 atom stereocenters. The Morgan fingerprint density at radius 1 is 1.00 bits per heavy atom. The van der Waals surface area contributed by atoms with Crippen LogP contribution in [0.1, 0.15) is 29.3 Å². The van der Waals surface area contributed by atoms with Gasteiger partial charge in [0.25, 0.3) is 5.91 Å². The number of amides is 3. The van der Waals surface area contributed by atoms with Gasteiger partial charge in [-0.2, -0.15) is 0 Å². The van der Waals surface area contributed by atoms with Crippen LogP contribution in [-0.4, -0.2) is 60.5 Å². The Morgan fingerprint density at radius 2 is 1.80 bits per heavy atom. The van der Waals surface area contributed by atoms with Crippen LogP contribution in [0.4, 0.5) is 16.3 Å². The normalized spacial score (nSPS) is 10.6. The number of carbonyl (C=O) groups excluding carboxylic acids is 2. The lowest BCUT2D eigenvalue weighted by Crippen LogP contribution is -2.28. The smallest absolute Gasteiger partial charge is 0.319 e. The summed E-state index contributed by atoms with van der Waals surface area (Å²) in [5.74, 6) is 0.405. The van der Waals surface area contributed by atoms with Crippen molar-refractivity contribution in [3.05, 3.63) is 72.1 Å². The second-order valence-corrected chi connectivity index (χ2v) is 8.28. The number of urea groups is 1. The van der Waals surface area contributed by atoms with Gasteiger partial charge in [-0.05, 0) is 69.9 Å². The van der Waals surface area contributed by atoms with E-state index in [2.05, 4.69) is 36.1 Å². The summed E-state index contributed by atoms with van der Waals surface area (Å²) in [4.78, 5) is 35.7. The first-order valence-electron chi connectivity index (χ1n) is 11.7. The number of aromatic nitrogens is 2. The van der Waals surface area contributed by atoms with E-state index in [1.165, 1.54) is 0 Å². The average Bonchev–Trinajstić information content (AvgIpc) is 2.86. The zero-order valence-corrected chi connectivity index (χ0v) is 20.5. The Hall–Kier alpha value is -3.98. The lowest BCUT2D eigenvalue weighted by atomic mass is 10.1. The zero-order chi connectivity index (χ0) is 25.0. The molecule has 4 N–H and O–H groups in total. The highest BCUT2D eigenvalue weighted by Gasteiger charge is 2.14. The van der Waals surface area contributed by atoms with Gasteiger partial charge in [0.2, 0.25) is 0 Å². The molecule has 9 nitrogen and oxygen atoms in total. The lowest BCUT2D eigenvalue weighted by molar-refractivity contribution is 0.0953. The van der Waals surface area contributed by atoms with E-state index in [4.69, 9.17) is 0 Å². The molecule has 9 heteroatoms. The average molecular weight is 476 g/mol. The number of nitrogens with one attached hydrogen (secondary N) is 4. The third kappa shape index (κ3) is 8.08. The van der Waals surface area contributed by atoms with Gasteiger partial charge in [0, 0.05) is 43.3 Å². The first kappa shape index (κ1) is 25.6. The first-order chi connectivity index (χ1) is 17.0. The van der Waals surface area contributed by atoms with E-state index in [1.54, 1.807) is 18.5 Å². The van der Waals surface area contributed by atoms with Gasteiger partial charge in [-0.1, -0.05) is 18.2 Å². The largest absolute Gasteiger partial charge is 0.370 e. The highest BCUT2D eigenvalue weighted by Crippen LogP contribution is 2.23. The van der Waals surface area contributed by atoms with Crippen LogP contribution in [0, 0.1) is 0 Å². The summed E-state index contributed by atoms with van der Waals surface area (Å²) < 4.78 is 0. The van der Waals surface area contributed by atoms with E-state index in [-0.39, 0.29) is 11.9 Å². The molecule has 3 aromatic rings. The van der Waals surface area contributed by atoms with E-state index in [9.17, 15) is 9.59 Å².